The highest BCUT2D eigenvalue weighted by Gasteiger charge is 2.17. The first kappa shape index (κ1) is 15.4. The summed E-state index contributed by atoms with van der Waals surface area (Å²) in [5.41, 5.74) is 5.44. The smallest absolute Gasteiger partial charge is 0.412 e. The van der Waals surface area contributed by atoms with Crippen molar-refractivity contribution in [1.82, 2.24) is 0 Å². The maximum Gasteiger partial charge on any atom is 0.412 e. The summed E-state index contributed by atoms with van der Waals surface area (Å²) in [5.74, 6) is -0.531. The molecule has 0 aliphatic carbocycles. The minimum absolute atomic E-state index is 0.135. The Morgan fingerprint density at radius 3 is 2.68 bits per heavy atom. The highest BCUT2D eigenvalue weighted by Crippen LogP contribution is 2.20. The maximum atomic E-state index is 13.5. The van der Waals surface area contributed by atoms with Crippen LogP contribution in [0.15, 0.2) is 18.2 Å². The van der Waals surface area contributed by atoms with Gasteiger partial charge >= 0.3 is 6.09 Å². The number of carbonyl (C=O) groups excluding carboxylic acids is 1. The van der Waals surface area contributed by atoms with E-state index in [0.29, 0.717) is 5.69 Å². The average Bonchev–Trinajstić information content (AvgIpc) is 2.28. The Bertz CT molecular complexity index is 458. The third-order valence-electron chi connectivity index (χ3n) is 2.24. The number of aliphatic hydroxyl groups excluding tert-OH is 1. The van der Waals surface area contributed by atoms with E-state index in [9.17, 15) is 9.18 Å². The molecule has 6 heteroatoms. The summed E-state index contributed by atoms with van der Waals surface area (Å²) in [4.78, 5) is 11.6. The first-order chi connectivity index (χ1) is 8.73. The van der Waals surface area contributed by atoms with E-state index in [1.54, 1.807) is 20.8 Å². The van der Waals surface area contributed by atoms with Crippen molar-refractivity contribution in [2.45, 2.75) is 32.4 Å². The zero-order valence-electron chi connectivity index (χ0n) is 11.2. The second-order valence-electron chi connectivity index (χ2n) is 5.15. The molecule has 0 saturated carbocycles. The number of amides is 1. The number of nitrogens with two attached hydrogens (primary N) is 1. The molecule has 0 heterocycles. The van der Waals surface area contributed by atoms with E-state index in [1.165, 1.54) is 18.2 Å². The molecule has 4 N–H and O–H groups in total. The van der Waals surface area contributed by atoms with Crippen LogP contribution in [0.4, 0.5) is 14.9 Å². The number of nitrogens with one attached hydrogen (secondary N) is 1. The van der Waals surface area contributed by atoms with Gasteiger partial charge in [-0.25, -0.2) is 9.18 Å². The van der Waals surface area contributed by atoms with Gasteiger partial charge in [-0.3, -0.25) is 5.32 Å². The summed E-state index contributed by atoms with van der Waals surface area (Å²) in [6.07, 6.45) is -0.636. The number of anilines is 1. The van der Waals surface area contributed by atoms with Crippen molar-refractivity contribution in [2.24, 2.45) is 5.73 Å². The third kappa shape index (κ3) is 4.84. The number of aliphatic hydroxyl groups is 1. The maximum absolute atomic E-state index is 13.5. The number of benzene rings is 1. The molecule has 0 spiro atoms. The molecule has 1 amide bonds. The summed E-state index contributed by atoms with van der Waals surface area (Å²) >= 11 is 0. The number of ether oxygens (including phenoxy) is 1. The van der Waals surface area contributed by atoms with Crippen molar-refractivity contribution in [3.05, 3.63) is 29.6 Å². The lowest BCUT2D eigenvalue weighted by Gasteiger charge is -2.20. The van der Waals surface area contributed by atoms with Crippen LogP contribution in [0.5, 0.6) is 0 Å². The van der Waals surface area contributed by atoms with E-state index in [-0.39, 0.29) is 12.2 Å². The zero-order valence-corrected chi connectivity index (χ0v) is 11.2. The average molecular weight is 270 g/mol. The Morgan fingerprint density at radius 1 is 1.53 bits per heavy atom. The SMILES string of the molecule is CC(C)(C)OC(=O)Nc1ccc(F)c([C@H](N)CO)c1. The third-order valence-corrected chi connectivity index (χ3v) is 2.24. The van der Waals surface area contributed by atoms with E-state index < -0.39 is 23.6 Å². The van der Waals surface area contributed by atoms with Gasteiger partial charge in [-0.2, -0.15) is 0 Å². The monoisotopic (exact) mass is 270 g/mol. The Morgan fingerprint density at radius 2 is 2.16 bits per heavy atom. The van der Waals surface area contributed by atoms with Crippen LogP contribution < -0.4 is 11.1 Å². The van der Waals surface area contributed by atoms with Crippen molar-refractivity contribution < 1.29 is 19.0 Å². The first-order valence-corrected chi connectivity index (χ1v) is 5.89. The van der Waals surface area contributed by atoms with E-state index in [2.05, 4.69) is 5.32 Å². The Hall–Kier alpha value is -1.66. The standard InChI is InChI=1S/C13H19FN2O3/c1-13(2,3)19-12(18)16-8-4-5-10(14)9(6-8)11(15)7-17/h4-6,11,17H,7,15H2,1-3H3,(H,16,18)/t11-/m1/s1. The van der Waals surface area contributed by atoms with Crippen LogP contribution in [0.1, 0.15) is 32.4 Å². The topological polar surface area (TPSA) is 84.6 Å². The quantitative estimate of drug-likeness (QED) is 0.785. The van der Waals surface area contributed by atoms with Crippen LogP contribution in [0.3, 0.4) is 0 Å². The van der Waals surface area contributed by atoms with E-state index in [0.717, 1.165) is 0 Å². The lowest BCUT2D eigenvalue weighted by atomic mass is 10.1. The van der Waals surface area contributed by atoms with Crippen molar-refractivity contribution >= 4 is 11.8 Å². The molecule has 0 aliphatic heterocycles. The molecule has 5 nitrogen and oxygen atoms in total. The van der Waals surface area contributed by atoms with Crippen LogP contribution in [0.25, 0.3) is 0 Å². The highest BCUT2D eigenvalue weighted by atomic mass is 19.1. The molecule has 1 rings (SSSR count). The zero-order chi connectivity index (χ0) is 14.6. The summed E-state index contributed by atoms with van der Waals surface area (Å²) in [5, 5.41) is 11.4. The van der Waals surface area contributed by atoms with Crippen LogP contribution in [-0.4, -0.2) is 23.4 Å². The van der Waals surface area contributed by atoms with E-state index >= 15 is 0 Å². The molecular weight excluding hydrogens is 251 g/mol. The van der Waals surface area contributed by atoms with Gasteiger partial charge in [0.15, 0.2) is 0 Å². The predicted octanol–water partition coefficient (Wildman–Crippen LogP) is 2.16. The second kappa shape index (κ2) is 5.99. The second-order valence-corrected chi connectivity index (χ2v) is 5.15. The normalized spacial score (nSPS) is 12.9. The molecule has 0 aromatic heterocycles. The van der Waals surface area contributed by atoms with Gasteiger partial charge < -0.3 is 15.6 Å². The molecule has 0 bridgehead atoms. The van der Waals surface area contributed by atoms with Gasteiger partial charge in [0.05, 0.1) is 12.6 Å². The summed E-state index contributed by atoms with van der Waals surface area (Å²) < 4.78 is 18.6. The van der Waals surface area contributed by atoms with Gasteiger partial charge in [-0.1, -0.05) is 0 Å². The number of hydrogen-bond donors (Lipinski definition) is 3. The summed E-state index contributed by atoms with van der Waals surface area (Å²) in [7, 11) is 0. The van der Waals surface area contributed by atoms with Crippen LogP contribution >= 0.6 is 0 Å². The molecule has 106 valence electrons. The Balaban J connectivity index is 2.83. The van der Waals surface area contributed by atoms with E-state index in [1.807, 2.05) is 0 Å². The van der Waals surface area contributed by atoms with E-state index in [4.69, 9.17) is 15.6 Å². The molecule has 0 saturated heterocycles. The van der Waals surface area contributed by atoms with Gasteiger partial charge in [0, 0.05) is 11.3 Å². The van der Waals surface area contributed by atoms with Gasteiger partial charge in [0.25, 0.3) is 0 Å². The Labute approximate surface area is 111 Å². The van der Waals surface area contributed by atoms with Crippen molar-refractivity contribution in [3.8, 4) is 0 Å². The van der Waals surface area contributed by atoms with Crippen LogP contribution in [0.2, 0.25) is 0 Å². The molecule has 0 fully saturated rings. The fraction of sp³-hybridized carbons (Fsp3) is 0.462. The predicted molar refractivity (Wildman–Crippen MR) is 70.3 cm³/mol. The molecule has 0 aliphatic rings. The van der Waals surface area contributed by atoms with Crippen molar-refractivity contribution in [2.75, 3.05) is 11.9 Å². The number of rotatable bonds is 3. The molecule has 1 aromatic rings. The molecular formula is C13H19FN2O3. The lowest BCUT2D eigenvalue weighted by Crippen LogP contribution is -2.27. The van der Waals surface area contributed by atoms with Gasteiger partial charge in [-0.05, 0) is 39.0 Å². The largest absolute Gasteiger partial charge is 0.444 e. The molecule has 1 atom stereocenters. The minimum Gasteiger partial charge on any atom is -0.444 e. The van der Waals surface area contributed by atoms with Gasteiger partial charge in [0.2, 0.25) is 0 Å². The number of hydrogen-bond acceptors (Lipinski definition) is 4. The van der Waals surface area contributed by atoms with Crippen molar-refractivity contribution in [1.29, 1.82) is 0 Å². The molecule has 0 unspecified atom stereocenters. The summed E-state index contributed by atoms with van der Waals surface area (Å²) in [6.45, 7) is 4.84. The molecule has 1 aromatic carbocycles. The fourth-order valence-corrected chi connectivity index (χ4v) is 1.43. The summed E-state index contributed by atoms with van der Waals surface area (Å²) in [6, 6.07) is 3.12. The fourth-order valence-electron chi connectivity index (χ4n) is 1.43. The van der Waals surface area contributed by atoms with Crippen LogP contribution in [0, 0.1) is 5.82 Å². The Kier molecular flexibility index (Phi) is 4.85. The number of carbonyl (C=O) groups is 1. The van der Waals surface area contributed by atoms with Crippen molar-refractivity contribution in [3.63, 3.8) is 0 Å². The van der Waals surface area contributed by atoms with Gasteiger partial charge in [0.1, 0.15) is 11.4 Å². The minimum atomic E-state index is -0.833. The van der Waals surface area contributed by atoms with Gasteiger partial charge in [-0.15, -0.1) is 0 Å². The first-order valence-electron chi connectivity index (χ1n) is 5.89. The highest BCUT2D eigenvalue weighted by molar-refractivity contribution is 5.85. The lowest BCUT2D eigenvalue weighted by molar-refractivity contribution is 0.0636. The molecule has 19 heavy (non-hydrogen) atoms. The van der Waals surface area contributed by atoms with Crippen LogP contribution in [-0.2, 0) is 4.74 Å². The molecule has 0 radical (unpaired) electrons. The number of halogens is 1.